The van der Waals surface area contributed by atoms with E-state index in [1.54, 1.807) is 0 Å². The average molecular weight is 229 g/mol. The molecule has 0 bridgehead atoms. The summed E-state index contributed by atoms with van der Waals surface area (Å²) in [6, 6.07) is 10.8. The van der Waals surface area contributed by atoms with E-state index in [2.05, 4.69) is 54.1 Å². The SMILES string of the molecule is Cc1cc2ccccc2n1C[C@H](C)NC[C]=O. The van der Waals surface area contributed by atoms with Crippen LogP contribution in [0, 0.1) is 6.92 Å². The predicted molar refractivity (Wildman–Crippen MR) is 69.8 cm³/mol. The van der Waals surface area contributed by atoms with Crippen LogP contribution in [0.15, 0.2) is 30.3 Å². The highest BCUT2D eigenvalue weighted by molar-refractivity contribution is 5.81. The van der Waals surface area contributed by atoms with Crippen LogP contribution in [0.2, 0.25) is 0 Å². The van der Waals surface area contributed by atoms with Gasteiger partial charge in [0.25, 0.3) is 0 Å². The van der Waals surface area contributed by atoms with Crippen LogP contribution in [0.1, 0.15) is 12.6 Å². The summed E-state index contributed by atoms with van der Waals surface area (Å²) in [6.07, 6.45) is 1.86. The molecule has 1 aromatic heterocycles. The van der Waals surface area contributed by atoms with Crippen LogP contribution in [0.5, 0.6) is 0 Å². The van der Waals surface area contributed by atoms with Gasteiger partial charge in [-0.3, -0.25) is 4.79 Å². The Morgan fingerprint density at radius 3 is 2.94 bits per heavy atom. The Morgan fingerprint density at radius 2 is 2.18 bits per heavy atom. The van der Waals surface area contributed by atoms with Gasteiger partial charge in [0.2, 0.25) is 6.29 Å². The third-order valence-electron chi connectivity index (χ3n) is 3.00. The van der Waals surface area contributed by atoms with Gasteiger partial charge in [-0.25, -0.2) is 0 Å². The van der Waals surface area contributed by atoms with Crippen LogP contribution >= 0.6 is 0 Å². The van der Waals surface area contributed by atoms with Gasteiger partial charge < -0.3 is 9.88 Å². The molecule has 17 heavy (non-hydrogen) atoms. The summed E-state index contributed by atoms with van der Waals surface area (Å²) in [5.74, 6) is 0. The zero-order chi connectivity index (χ0) is 12.3. The molecule has 0 fully saturated rings. The number of fused-ring (bicyclic) bond motifs is 1. The van der Waals surface area contributed by atoms with Gasteiger partial charge in [0.1, 0.15) is 0 Å². The molecule has 1 N–H and O–H groups in total. The van der Waals surface area contributed by atoms with Crippen molar-refractivity contribution in [3.05, 3.63) is 36.0 Å². The first kappa shape index (κ1) is 11.9. The Morgan fingerprint density at radius 1 is 1.41 bits per heavy atom. The van der Waals surface area contributed by atoms with Crippen molar-refractivity contribution in [2.45, 2.75) is 26.4 Å². The van der Waals surface area contributed by atoms with E-state index in [0.29, 0.717) is 6.54 Å². The summed E-state index contributed by atoms with van der Waals surface area (Å²) in [5.41, 5.74) is 2.49. The number of carbonyl (C=O) groups excluding carboxylic acids is 1. The Kier molecular flexibility index (Phi) is 3.59. The molecule has 0 spiro atoms. The van der Waals surface area contributed by atoms with Crippen molar-refractivity contribution in [3.8, 4) is 0 Å². The molecule has 1 heterocycles. The van der Waals surface area contributed by atoms with Gasteiger partial charge in [-0.1, -0.05) is 18.2 Å². The molecule has 2 rings (SSSR count). The average Bonchev–Trinajstić information content (AvgIpc) is 2.64. The first-order valence-electron chi connectivity index (χ1n) is 5.85. The van der Waals surface area contributed by atoms with Gasteiger partial charge in [0.15, 0.2) is 0 Å². The van der Waals surface area contributed by atoms with Crippen LogP contribution in [-0.2, 0) is 11.3 Å². The normalized spacial score (nSPS) is 12.8. The van der Waals surface area contributed by atoms with Gasteiger partial charge in [0, 0.05) is 23.8 Å². The standard InChI is InChI=1S/C14H17N2O/c1-11(15-7-8-17)10-16-12(2)9-13-5-3-4-6-14(13)16/h3-6,9,11,15H,7,10H2,1-2H3/t11-/m0/s1. The van der Waals surface area contributed by atoms with Crippen LogP contribution in [0.4, 0.5) is 0 Å². The highest BCUT2D eigenvalue weighted by atomic mass is 16.1. The number of rotatable bonds is 5. The van der Waals surface area contributed by atoms with Gasteiger partial charge in [-0.05, 0) is 31.4 Å². The van der Waals surface area contributed by atoms with Crippen molar-refractivity contribution in [1.82, 2.24) is 9.88 Å². The number of aromatic nitrogens is 1. The molecule has 0 saturated heterocycles. The Bertz CT molecular complexity index is 516. The van der Waals surface area contributed by atoms with E-state index in [9.17, 15) is 4.79 Å². The van der Waals surface area contributed by atoms with Gasteiger partial charge in [0.05, 0.1) is 6.54 Å². The van der Waals surface area contributed by atoms with Crippen molar-refractivity contribution in [2.75, 3.05) is 6.54 Å². The van der Waals surface area contributed by atoms with E-state index in [4.69, 9.17) is 0 Å². The van der Waals surface area contributed by atoms with E-state index >= 15 is 0 Å². The summed E-state index contributed by atoms with van der Waals surface area (Å²) in [7, 11) is 0. The molecule has 3 heteroatoms. The van der Waals surface area contributed by atoms with E-state index in [1.807, 2.05) is 6.29 Å². The minimum Gasteiger partial charge on any atom is -0.343 e. The third kappa shape index (κ3) is 2.56. The lowest BCUT2D eigenvalue weighted by Gasteiger charge is -2.15. The first-order valence-corrected chi connectivity index (χ1v) is 5.85. The lowest BCUT2D eigenvalue weighted by molar-refractivity contribution is 0.491. The molecule has 0 aliphatic heterocycles. The largest absolute Gasteiger partial charge is 0.343 e. The maximum Gasteiger partial charge on any atom is 0.213 e. The maximum atomic E-state index is 10.2. The fraction of sp³-hybridized carbons (Fsp3) is 0.357. The highest BCUT2D eigenvalue weighted by Gasteiger charge is 2.08. The molecule has 0 saturated carbocycles. The van der Waals surface area contributed by atoms with Crippen LogP contribution in [0.3, 0.4) is 0 Å². The summed E-state index contributed by atoms with van der Waals surface area (Å²) < 4.78 is 2.28. The molecule has 0 aliphatic carbocycles. The molecular formula is C14H17N2O. The second kappa shape index (κ2) is 5.15. The molecule has 1 atom stereocenters. The zero-order valence-electron chi connectivity index (χ0n) is 10.2. The maximum absolute atomic E-state index is 10.2. The second-order valence-electron chi connectivity index (χ2n) is 4.38. The molecule has 0 amide bonds. The highest BCUT2D eigenvalue weighted by Crippen LogP contribution is 2.19. The first-order chi connectivity index (χ1) is 8.22. The summed E-state index contributed by atoms with van der Waals surface area (Å²) in [5, 5.41) is 4.38. The fourth-order valence-corrected chi connectivity index (χ4v) is 2.14. The zero-order valence-corrected chi connectivity index (χ0v) is 10.2. The predicted octanol–water partition coefficient (Wildman–Crippen LogP) is 2.04. The van der Waals surface area contributed by atoms with Crippen molar-refractivity contribution in [3.63, 3.8) is 0 Å². The van der Waals surface area contributed by atoms with Crippen LogP contribution in [-0.4, -0.2) is 23.4 Å². The second-order valence-corrected chi connectivity index (χ2v) is 4.38. The number of benzene rings is 1. The molecule has 3 nitrogen and oxygen atoms in total. The van der Waals surface area contributed by atoms with Crippen molar-refractivity contribution in [2.24, 2.45) is 0 Å². The minimum absolute atomic E-state index is 0.256. The van der Waals surface area contributed by atoms with Gasteiger partial charge >= 0.3 is 0 Å². The van der Waals surface area contributed by atoms with Crippen molar-refractivity contribution in [1.29, 1.82) is 0 Å². The Hall–Kier alpha value is -1.61. The third-order valence-corrected chi connectivity index (χ3v) is 3.00. The lowest BCUT2D eigenvalue weighted by Crippen LogP contribution is -2.31. The van der Waals surface area contributed by atoms with E-state index in [-0.39, 0.29) is 6.04 Å². The minimum atomic E-state index is 0.256. The number of hydrogen-bond acceptors (Lipinski definition) is 2. The van der Waals surface area contributed by atoms with Crippen LogP contribution in [0.25, 0.3) is 10.9 Å². The topological polar surface area (TPSA) is 34.0 Å². The monoisotopic (exact) mass is 229 g/mol. The Labute approximate surface area is 101 Å². The number of para-hydroxylation sites is 1. The summed E-state index contributed by atoms with van der Waals surface area (Å²) in [6.45, 7) is 5.34. The van der Waals surface area contributed by atoms with E-state index in [1.165, 1.54) is 16.6 Å². The lowest BCUT2D eigenvalue weighted by atomic mass is 10.2. The van der Waals surface area contributed by atoms with E-state index < -0.39 is 0 Å². The number of nitrogens with one attached hydrogen (secondary N) is 1. The molecule has 89 valence electrons. The molecular weight excluding hydrogens is 212 g/mol. The number of hydrogen-bond donors (Lipinski definition) is 1. The summed E-state index contributed by atoms with van der Waals surface area (Å²) in [4.78, 5) is 10.2. The molecule has 0 unspecified atom stereocenters. The smallest absolute Gasteiger partial charge is 0.213 e. The quantitative estimate of drug-likeness (QED) is 0.851. The molecule has 2 aromatic rings. The van der Waals surface area contributed by atoms with Crippen molar-refractivity contribution >= 4 is 17.2 Å². The molecule has 1 aromatic carbocycles. The Balaban J connectivity index is 2.22. The van der Waals surface area contributed by atoms with E-state index in [0.717, 1.165) is 6.54 Å². The molecule has 0 aliphatic rings. The van der Waals surface area contributed by atoms with Crippen molar-refractivity contribution < 1.29 is 4.79 Å². The van der Waals surface area contributed by atoms with Gasteiger partial charge in [-0.15, -0.1) is 0 Å². The van der Waals surface area contributed by atoms with Crippen LogP contribution < -0.4 is 5.32 Å². The number of nitrogens with zero attached hydrogens (tertiary/aromatic N) is 1. The number of aryl methyl sites for hydroxylation is 1. The summed E-state index contributed by atoms with van der Waals surface area (Å²) >= 11 is 0. The fourth-order valence-electron chi connectivity index (χ4n) is 2.14. The van der Waals surface area contributed by atoms with Gasteiger partial charge in [-0.2, -0.15) is 0 Å². The molecule has 1 radical (unpaired) electrons.